The van der Waals surface area contributed by atoms with Crippen LogP contribution >= 0.6 is 0 Å². The third-order valence-corrected chi connectivity index (χ3v) is 7.00. The predicted molar refractivity (Wildman–Crippen MR) is 111 cm³/mol. The Hall–Kier alpha value is -2.33. The molecule has 0 aromatic heterocycles. The first-order valence-electron chi connectivity index (χ1n) is 11.1. The van der Waals surface area contributed by atoms with Crippen LogP contribution in [0.25, 0.3) is 0 Å². The van der Waals surface area contributed by atoms with E-state index in [2.05, 4.69) is 39.4 Å². The fraction of sp³-hybridized carbons (Fsp3) is 0.636. The van der Waals surface area contributed by atoms with Crippen LogP contribution in [0.5, 0.6) is 5.75 Å². The molecule has 4 rings (SSSR count). The maximum atomic E-state index is 12.5. The van der Waals surface area contributed by atoms with Gasteiger partial charge in [0.1, 0.15) is 18.0 Å². The van der Waals surface area contributed by atoms with Crippen LogP contribution in [-0.4, -0.2) is 54.0 Å². The molecule has 2 aliphatic heterocycles. The number of halogens is 3. The molecular weight excluding hydrogens is 425 g/mol. The first-order chi connectivity index (χ1) is 15.1. The van der Waals surface area contributed by atoms with Crippen molar-refractivity contribution in [3.8, 4) is 5.75 Å². The number of alkyl halides is 3. The third kappa shape index (κ3) is 5.01. The second-order valence-corrected chi connectivity index (χ2v) is 9.18. The second-order valence-electron chi connectivity index (χ2n) is 9.18. The van der Waals surface area contributed by atoms with Crippen molar-refractivity contribution < 1.29 is 27.5 Å². The van der Waals surface area contributed by atoms with Gasteiger partial charge in [-0.1, -0.05) is 26.0 Å². The number of rotatable bonds is 5. The molecular formula is C22H29F3N4O3. The van der Waals surface area contributed by atoms with Crippen molar-refractivity contribution in [3.05, 3.63) is 29.8 Å². The minimum atomic E-state index is -4.71. The molecule has 2 saturated heterocycles. The van der Waals surface area contributed by atoms with Gasteiger partial charge in [0.05, 0.1) is 0 Å². The number of fused-ring (bicyclic) bond motifs is 2. The van der Waals surface area contributed by atoms with Crippen LogP contribution in [0.1, 0.15) is 38.7 Å². The molecule has 0 bridgehead atoms. The van der Waals surface area contributed by atoms with Crippen LogP contribution in [0, 0.1) is 11.8 Å². The fourth-order valence-electron chi connectivity index (χ4n) is 5.21. The zero-order valence-electron chi connectivity index (χ0n) is 18.1. The van der Waals surface area contributed by atoms with Gasteiger partial charge in [-0.3, -0.25) is 20.3 Å². The van der Waals surface area contributed by atoms with E-state index in [4.69, 9.17) is 0 Å². The van der Waals surface area contributed by atoms with E-state index in [0.29, 0.717) is 24.8 Å². The number of imide groups is 1. The molecule has 3 aliphatic rings. The molecule has 6 unspecified atom stereocenters. The molecule has 3 fully saturated rings. The molecule has 2 heterocycles. The van der Waals surface area contributed by atoms with Gasteiger partial charge in [-0.2, -0.15) is 0 Å². The fourth-order valence-corrected chi connectivity index (χ4v) is 5.21. The lowest BCUT2D eigenvalue weighted by Crippen LogP contribution is -2.79. The molecule has 3 amide bonds. The Morgan fingerprint density at radius 3 is 2.47 bits per heavy atom. The van der Waals surface area contributed by atoms with Gasteiger partial charge in [-0.25, -0.2) is 4.79 Å². The van der Waals surface area contributed by atoms with Gasteiger partial charge >= 0.3 is 12.4 Å². The molecule has 7 nitrogen and oxygen atoms in total. The Kier molecular flexibility index (Phi) is 6.35. The molecule has 3 N–H and O–H groups in total. The highest BCUT2D eigenvalue weighted by molar-refractivity contribution is 6.00. The quantitative estimate of drug-likeness (QED) is 0.638. The first kappa shape index (κ1) is 22.8. The number of nitrogens with one attached hydrogen (secondary N) is 3. The number of carbonyl (C=O) groups is 2. The Morgan fingerprint density at radius 1 is 1.09 bits per heavy atom. The summed E-state index contributed by atoms with van der Waals surface area (Å²) in [6, 6.07) is 5.27. The Labute approximate surface area is 185 Å². The second kappa shape index (κ2) is 8.90. The number of urea groups is 1. The number of amides is 3. The molecule has 0 radical (unpaired) electrons. The van der Waals surface area contributed by atoms with E-state index in [-0.39, 0.29) is 23.7 Å². The lowest BCUT2D eigenvalue weighted by molar-refractivity contribution is -0.274. The monoisotopic (exact) mass is 454 g/mol. The van der Waals surface area contributed by atoms with Crippen LogP contribution in [0.4, 0.5) is 18.0 Å². The van der Waals surface area contributed by atoms with Crippen molar-refractivity contribution in [2.24, 2.45) is 11.8 Å². The Balaban J connectivity index is 1.43. The van der Waals surface area contributed by atoms with Gasteiger partial charge in [-0.15, -0.1) is 13.2 Å². The predicted octanol–water partition coefficient (Wildman–Crippen LogP) is 2.76. The van der Waals surface area contributed by atoms with E-state index in [0.717, 1.165) is 24.8 Å². The van der Waals surface area contributed by atoms with Crippen LogP contribution in [0.15, 0.2) is 24.3 Å². The van der Waals surface area contributed by atoms with E-state index in [1.54, 1.807) is 12.1 Å². The maximum absolute atomic E-state index is 12.5. The van der Waals surface area contributed by atoms with E-state index >= 15 is 0 Å². The van der Waals surface area contributed by atoms with Crippen LogP contribution in [0.2, 0.25) is 0 Å². The normalized spacial score (nSPS) is 33.0. The highest BCUT2D eigenvalue weighted by atomic mass is 19.4. The third-order valence-electron chi connectivity index (χ3n) is 7.00. The van der Waals surface area contributed by atoms with Gasteiger partial charge < -0.3 is 10.1 Å². The van der Waals surface area contributed by atoms with Crippen LogP contribution in [0.3, 0.4) is 0 Å². The summed E-state index contributed by atoms with van der Waals surface area (Å²) >= 11 is 0. The molecule has 1 aliphatic carbocycles. The van der Waals surface area contributed by atoms with Crippen molar-refractivity contribution in [2.45, 2.75) is 70.2 Å². The number of benzene rings is 1. The van der Waals surface area contributed by atoms with Crippen LogP contribution in [-0.2, 0) is 11.2 Å². The summed E-state index contributed by atoms with van der Waals surface area (Å²) < 4.78 is 40.9. The van der Waals surface area contributed by atoms with E-state index in [1.807, 2.05) is 0 Å². The summed E-state index contributed by atoms with van der Waals surface area (Å²) in [5, 5.41) is 8.72. The Morgan fingerprint density at radius 2 is 1.78 bits per heavy atom. The molecule has 176 valence electrons. The van der Waals surface area contributed by atoms with Crippen molar-refractivity contribution in [2.75, 3.05) is 6.54 Å². The van der Waals surface area contributed by atoms with E-state index < -0.39 is 24.6 Å². The van der Waals surface area contributed by atoms with Crippen molar-refractivity contribution in [1.82, 2.24) is 20.9 Å². The van der Waals surface area contributed by atoms with Gasteiger partial charge in [0.15, 0.2) is 0 Å². The highest BCUT2D eigenvalue weighted by Gasteiger charge is 2.50. The molecule has 1 aromatic carbocycles. The van der Waals surface area contributed by atoms with Gasteiger partial charge in [0.2, 0.25) is 5.91 Å². The maximum Gasteiger partial charge on any atom is 0.573 e. The van der Waals surface area contributed by atoms with Crippen molar-refractivity contribution in [3.63, 3.8) is 0 Å². The number of hydrogen-bond acceptors (Lipinski definition) is 5. The SMILES string of the molecule is CC1CC2NC3C(=O)NC(=O)NC3N(CCCc3ccc(OC(F)(F)F)cc3)C2CC1C. The van der Waals surface area contributed by atoms with E-state index in [9.17, 15) is 22.8 Å². The van der Waals surface area contributed by atoms with Crippen molar-refractivity contribution >= 4 is 11.9 Å². The molecule has 32 heavy (non-hydrogen) atoms. The summed E-state index contributed by atoms with van der Waals surface area (Å²) in [6.07, 6.45) is -1.77. The average molecular weight is 454 g/mol. The zero-order chi connectivity index (χ0) is 23.0. The standard InChI is InChI=1S/C22H29F3N4O3/c1-12-10-16-17(11-13(12)2)29(19-18(26-16)20(30)28-21(31)27-19)9-3-4-14-5-7-15(8-6-14)32-22(23,24)25/h5-8,12-13,16-19,26H,3-4,9-11H2,1-2H3,(H2,27,28,30,31). The summed E-state index contributed by atoms with van der Waals surface area (Å²) in [5.74, 6) is 0.524. The molecule has 0 spiro atoms. The van der Waals surface area contributed by atoms with Crippen molar-refractivity contribution in [1.29, 1.82) is 0 Å². The largest absolute Gasteiger partial charge is 0.573 e. The first-order valence-corrected chi connectivity index (χ1v) is 11.1. The number of carbonyl (C=O) groups excluding carboxylic acids is 2. The van der Waals surface area contributed by atoms with Gasteiger partial charge in [0, 0.05) is 18.6 Å². The van der Waals surface area contributed by atoms with Gasteiger partial charge in [-0.05, 0) is 55.2 Å². The van der Waals surface area contributed by atoms with E-state index in [1.165, 1.54) is 12.1 Å². The number of nitrogens with zero attached hydrogens (tertiary/aromatic N) is 1. The molecule has 6 atom stereocenters. The summed E-state index contributed by atoms with van der Waals surface area (Å²) in [4.78, 5) is 26.7. The average Bonchev–Trinajstić information content (AvgIpc) is 2.70. The lowest BCUT2D eigenvalue weighted by atomic mass is 9.73. The minimum Gasteiger partial charge on any atom is -0.406 e. The Bertz CT molecular complexity index is 848. The number of ether oxygens (including phenoxy) is 1. The number of aryl methyl sites for hydroxylation is 1. The summed E-state index contributed by atoms with van der Waals surface area (Å²) in [5.41, 5.74) is 0.902. The lowest BCUT2D eigenvalue weighted by Gasteiger charge is -2.55. The molecule has 1 aromatic rings. The van der Waals surface area contributed by atoms with Crippen LogP contribution < -0.4 is 20.7 Å². The topological polar surface area (TPSA) is 82.7 Å². The van der Waals surface area contributed by atoms with Gasteiger partial charge in [0.25, 0.3) is 0 Å². The minimum absolute atomic E-state index is 0.169. The highest BCUT2D eigenvalue weighted by Crippen LogP contribution is 2.36. The zero-order valence-corrected chi connectivity index (χ0v) is 18.1. The number of hydrogen-bond donors (Lipinski definition) is 3. The summed E-state index contributed by atoms with van der Waals surface area (Å²) in [7, 11) is 0. The number of piperazine rings is 1. The molecule has 1 saturated carbocycles. The smallest absolute Gasteiger partial charge is 0.406 e. The summed E-state index contributed by atoms with van der Waals surface area (Å²) in [6.45, 7) is 5.13. The molecule has 10 heteroatoms.